The molecule has 6 heteroatoms. The molecule has 1 heterocycles. The van der Waals surface area contributed by atoms with Crippen LogP contribution in [0.15, 0.2) is 71.1 Å². The van der Waals surface area contributed by atoms with Crippen LogP contribution in [0.2, 0.25) is 0 Å². The van der Waals surface area contributed by atoms with E-state index in [0.717, 1.165) is 0 Å². The Hall–Kier alpha value is -2.99. The first-order chi connectivity index (χ1) is 12.1. The van der Waals surface area contributed by atoms with Gasteiger partial charge >= 0.3 is 0 Å². The van der Waals surface area contributed by atoms with Gasteiger partial charge in [0, 0.05) is 18.2 Å². The smallest absolute Gasteiger partial charge is 0.267 e. The van der Waals surface area contributed by atoms with E-state index in [2.05, 4.69) is 11.6 Å². The molecule has 0 aliphatic carbocycles. The molecule has 126 valence electrons. The second-order valence-electron chi connectivity index (χ2n) is 5.29. The number of amides is 1. The van der Waals surface area contributed by atoms with Crippen LogP contribution < -0.4 is 0 Å². The largest absolute Gasteiger partial charge is 0.508 e. The summed E-state index contributed by atoms with van der Waals surface area (Å²) in [6.45, 7) is 4.00. The Bertz CT molecular complexity index is 890. The predicted octanol–water partition coefficient (Wildman–Crippen LogP) is 3.89. The first kappa shape index (κ1) is 16.9. The second-order valence-corrected chi connectivity index (χ2v) is 6.30. The van der Waals surface area contributed by atoms with Gasteiger partial charge in [-0.05, 0) is 36.0 Å². The first-order valence-electron chi connectivity index (χ1n) is 7.56. The van der Waals surface area contributed by atoms with Crippen LogP contribution in [0.3, 0.4) is 0 Å². The Morgan fingerprint density at radius 2 is 1.96 bits per heavy atom. The molecule has 0 spiro atoms. The summed E-state index contributed by atoms with van der Waals surface area (Å²) in [5.74, 6) is 0.0144. The van der Waals surface area contributed by atoms with E-state index in [-0.39, 0.29) is 17.4 Å². The molecule has 0 saturated carbocycles. The molecule has 2 N–H and O–H groups in total. The molecule has 5 nitrogen and oxygen atoms in total. The number of phenols is 2. The maximum atomic E-state index is 12.7. The highest BCUT2D eigenvalue weighted by Crippen LogP contribution is 2.35. The molecule has 1 fully saturated rings. The number of benzene rings is 2. The molecular weight excluding hydrogens is 336 g/mol. The van der Waals surface area contributed by atoms with Gasteiger partial charge in [-0.2, -0.15) is 0 Å². The highest BCUT2D eigenvalue weighted by molar-refractivity contribution is 8.18. The molecule has 2 aromatic rings. The van der Waals surface area contributed by atoms with Gasteiger partial charge in [-0.3, -0.25) is 9.69 Å². The molecular formula is C19H16N2O3S. The molecule has 2 aromatic carbocycles. The molecule has 0 unspecified atom stereocenters. The van der Waals surface area contributed by atoms with Crippen molar-refractivity contribution in [3.63, 3.8) is 0 Å². The van der Waals surface area contributed by atoms with E-state index in [1.807, 2.05) is 0 Å². The van der Waals surface area contributed by atoms with Crippen LogP contribution in [0, 0.1) is 0 Å². The highest BCUT2D eigenvalue weighted by Gasteiger charge is 2.32. The van der Waals surface area contributed by atoms with Crippen LogP contribution in [-0.4, -0.2) is 32.7 Å². The summed E-state index contributed by atoms with van der Waals surface area (Å²) in [6, 6.07) is 13.3. The van der Waals surface area contributed by atoms with Crippen molar-refractivity contribution in [3.05, 3.63) is 71.7 Å². The van der Waals surface area contributed by atoms with Crippen LogP contribution in [-0.2, 0) is 4.79 Å². The van der Waals surface area contributed by atoms with Gasteiger partial charge in [0.1, 0.15) is 11.5 Å². The normalized spacial score (nSPS) is 17.4. The lowest BCUT2D eigenvalue weighted by molar-refractivity contribution is -0.121. The third kappa shape index (κ3) is 3.75. The van der Waals surface area contributed by atoms with Gasteiger partial charge in [0.2, 0.25) is 0 Å². The summed E-state index contributed by atoms with van der Waals surface area (Å²) < 4.78 is 0. The Balaban J connectivity index is 1.98. The number of amidine groups is 1. The molecule has 1 saturated heterocycles. The Labute approximate surface area is 149 Å². The lowest BCUT2D eigenvalue weighted by Gasteiger charge is -2.12. The first-order valence-corrected chi connectivity index (χ1v) is 8.38. The Kier molecular flexibility index (Phi) is 4.90. The molecule has 0 aromatic heterocycles. The molecule has 25 heavy (non-hydrogen) atoms. The van der Waals surface area contributed by atoms with Crippen molar-refractivity contribution in [1.29, 1.82) is 0 Å². The van der Waals surface area contributed by atoms with Crippen molar-refractivity contribution >= 4 is 34.6 Å². The molecule has 0 bridgehead atoms. The van der Waals surface area contributed by atoms with Crippen LogP contribution in [0.25, 0.3) is 6.08 Å². The summed E-state index contributed by atoms with van der Waals surface area (Å²) in [7, 11) is 0. The summed E-state index contributed by atoms with van der Waals surface area (Å²) in [6.07, 6.45) is 3.27. The van der Waals surface area contributed by atoms with Crippen molar-refractivity contribution < 1.29 is 15.0 Å². The number of thioether (sulfide) groups is 1. The van der Waals surface area contributed by atoms with E-state index in [1.54, 1.807) is 54.6 Å². The van der Waals surface area contributed by atoms with Gasteiger partial charge in [0.25, 0.3) is 5.91 Å². The van der Waals surface area contributed by atoms with Crippen LogP contribution in [0.5, 0.6) is 11.5 Å². The number of hydrogen-bond acceptors (Lipinski definition) is 5. The molecule has 3 rings (SSSR count). The van der Waals surface area contributed by atoms with Gasteiger partial charge in [0.15, 0.2) is 5.17 Å². The third-order valence-corrected chi connectivity index (χ3v) is 4.48. The zero-order chi connectivity index (χ0) is 17.8. The lowest BCUT2D eigenvalue weighted by atomic mass is 10.2. The van der Waals surface area contributed by atoms with Crippen molar-refractivity contribution in [2.24, 2.45) is 4.99 Å². The number of para-hydroxylation sites is 1. The van der Waals surface area contributed by atoms with Crippen molar-refractivity contribution in [1.82, 2.24) is 4.90 Å². The van der Waals surface area contributed by atoms with Crippen LogP contribution >= 0.6 is 11.8 Å². The fraction of sp³-hybridized carbons (Fsp3) is 0.0526. The number of phenolic OH excluding ortho intramolecular Hbond substituents is 2. The van der Waals surface area contributed by atoms with Crippen molar-refractivity contribution in [3.8, 4) is 11.5 Å². The van der Waals surface area contributed by atoms with E-state index in [1.165, 1.54) is 22.7 Å². The standard InChI is InChI=1S/C19H16N2O3S/c1-2-10-21-18(24)17(11-13-6-3-4-9-16(13)23)25-19(21)20-14-7-5-8-15(22)12-14/h2-9,11-12,22-23H,1,10H2/b17-11-,20-19?. The van der Waals surface area contributed by atoms with Gasteiger partial charge in [-0.1, -0.05) is 30.3 Å². The van der Waals surface area contributed by atoms with Crippen molar-refractivity contribution in [2.45, 2.75) is 0 Å². The second kappa shape index (κ2) is 7.27. The summed E-state index contributed by atoms with van der Waals surface area (Å²) in [4.78, 5) is 19.1. The SMILES string of the molecule is C=CCN1C(=O)/C(=C/c2ccccc2O)SC1=Nc1cccc(O)c1. The quantitative estimate of drug-likeness (QED) is 0.647. The van der Waals surface area contributed by atoms with E-state index in [0.29, 0.717) is 27.9 Å². The van der Waals surface area contributed by atoms with E-state index < -0.39 is 0 Å². The van der Waals surface area contributed by atoms with Crippen LogP contribution in [0.4, 0.5) is 5.69 Å². The summed E-state index contributed by atoms with van der Waals surface area (Å²) in [5.41, 5.74) is 1.11. The van der Waals surface area contributed by atoms with Crippen molar-refractivity contribution in [2.75, 3.05) is 6.54 Å². The Morgan fingerprint density at radius 3 is 2.68 bits per heavy atom. The molecule has 0 radical (unpaired) electrons. The molecule has 0 atom stereocenters. The summed E-state index contributed by atoms with van der Waals surface area (Å²) >= 11 is 1.22. The van der Waals surface area contributed by atoms with Crippen LogP contribution in [0.1, 0.15) is 5.56 Å². The average molecular weight is 352 g/mol. The predicted molar refractivity (Wildman–Crippen MR) is 101 cm³/mol. The minimum absolute atomic E-state index is 0.108. The fourth-order valence-electron chi connectivity index (χ4n) is 2.31. The summed E-state index contributed by atoms with van der Waals surface area (Å²) in [5, 5.41) is 20.0. The van der Waals surface area contributed by atoms with Gasteiger partial charge in [-0.15, -0.1) is 6.58 Å². The number of rotatable bonds is 4. The lowest BCUT2D eigenvalue weighted by Crippen LogP contribution is -2.29. The molecule has 1 aliphatic rings. The number of hydrogen-bond donors (Lipinski definition) is 2. The number of nitrogens with zero attached hydrogens (tertiary/aromatic N) is 2. The Morgan fingerprint density at radius 1 is 1.16 bits per heavy atom. The van der Waals surface area contributed by atoms with E-state index >= 15 is 0 Å². The van der Waals surface area contributed by atoms with Gasteiger partial charge < -0.3 is 10.2 Å². The topological polar surface area (TPSA) is 73.1 Å². The minimum Gasteiger partial charge on any atom is -0.508 e. The number of aliphatic imine (C=N–C) groups is 1. The number of carbonyl (C=O) groups excluding carboxylic acids is 1. The van der Waals surface area contributed by atoms with Gasteiger partial charge in [0.05, 0.1) is 10.6 Å². The minimum atomic E-state index is -0.202. The fourth-order valence-corrected chi connectivity index (χ4v) is 3.30. The number of carbonyl (C=O) groups is 1. The maximum Gasteiger partial charge on any atom is 0.267 e. The maximum absolute atomic E-state index is 12.7. The zero-order valence-electron chi connectivity index (χ0n) is 13.3. The monoisotopic (exact) mass is 352 g/mol. The zero-order valence-corrected chi connectivity index (χ0v) is 14.1. The van der Waals surface area contributed by atoms with E-state index in [4.69, 9.17) is 0 Å². The van der Waals surface area contributed by atoms with Gasteiger partial charge in [-0.25, -0.2) is 4.99 Å². The molecule has 1 aliphatic heterocycles. The highest BCUT2D eigenvalue weighted by atomic mass is 32.2. The number of aromatic hydroxyl groups is 2. The average Bonchev–Trinajstić information content (AvgIpc) is 2.86. The third-order valence-electron chi connectivity index (χ3n) is 3.48. The molecule has 1 amide bonds. The van der Waals surface area contributed by atoms with E-state index in [9.17, 15) is 15.0 Å².